The lowest BCUT2D eigenvalue weighted by Gasteiger charge is -2.32. The molecule has 0 atom stereocenters. The average molecular weight is 343 g/mol. The number of alkyl halides is 3. The van der Waals surface area contributed by atoms with E-state index in [2.05, 4.69) is 10.6 Å². The smallest absolute Gasteiger partial charge is 0.338 e. The summed E-state index contributed by atoms with van der Waals surface area (Å²) in [4.78, 5) is 23.8. The van der Waals surface area contributed by atoms with Crippen LogP contribution in [0, 0.1) is 12.8 Å². The summed E-state index contributed by atoms with van der Waals surface area (Å²) in [6.07, 6.45) is -3.95. The number of aryl methyl sites for hydroxylation is 1. The van der Waals surface area contributed by atoms with Crippen molar-refractivity contribution in [2.45, 2.75) is 25.9 Å². The molecule has 0 saturated carbocycles. The number of benzene rings is 1. The standard InChI is InChI=1S/C16H20F3N3O2/c1-11-4-2-3-5-13(11)21-15(24)20-10-12-6-8-22(9-7-12)14(23)16(17,18)19/h2-5,12H,6-10H2,1H3,(H2,20,21,24). The summed E-state index contributed by atoms with van der Waals surface area (Å²) < 4.78 is 37.1. The van der Waals surface area contributed by atoms with Crippen molar-refractivity contribution < 1.29 is 22.8 Å². The summed E-state index contributed by atoms with van der Waals surface area (Å²) in [7, 11) is 0. The number of para-hydroxylation sites is 1. The number of hydrogen-bond acceptors (Lipinski definition) is 2. The fraction of sp³-hybridized carbons (Fsp3) is 0.500. The maximum Gasteiger partial charge on any atom is 0.471 e. The van der Waals surface area contributed by atoms with Crippen molar-refractivity contribution in [1.29, 1.82) is 0 Å². The van der Waals surface area contributed by atoms with E-state index in [1.54, 1.807) is 6.07 Å². The number of rotatable bonds is 3. The Labute approximate surface area is 138 Å². The second kappa shape index (κ2) is 7.55. The second-order valence-corrected chi connectivity index (χ2v) is 5.88. The van der Waals surface area contributed by atoms with E-state index in [1.165, 1.54) is 0 Å². The monoisotopic (exact) mass is 343 g/mol. The van der Waals surface area contributed by atoms with E-state index >= 15 is 0 Å². The van der Waals surface area contributed by atoms with E-state index in [4.69, 9.17) is 0 Å². The Bertz CT molecular complexity index is 596. The van der Waals surface area contributed by atoms with Crippen molar-refractivity contribution in [3.8, 4) is 0 Å². The summed E-state index contributed by atoms with van der Waals surface area (Å²) in [5.74, 6) is -1.73. The van der Waals surface area contributed by atoms with Gasteiger partial charge in [0.15, 0.2) is 0 Å². The number of likely N-dealkylation sites (tertiary alicyclic amines) is 1. The van der Waals surface area contributed by atoms with Gasteiger partial charge in [-0.1, -0.05) is 18.2 Å². The van der Waals surface area contributed by atoms with E-state index in [0.29, 0.717) is 25.1 Å². The zero-order valence-electron chi connectivity index (χ0n) is 13.3. The first kappa shape index (κ1) is 18.1. The molecule has 1 aliphatic rings. The lowest BCUT2D eigenvalue weighted by molar-refractivity contribution is -0.186. The Balaban J connectivity index is 1.74. The molecular weight excluding hydrogens is 323 g/mol. The van der Waals surface area contributed by atoms with Crippen LogP contribution in [0.25, 0.3) is 0 Å². The Morgan fingerprint density at radius 2 is 1.83 bits per heavy atom. The van der Waals surface area contributed by atoms with Crippen molar-refractivity contribution in [3.05, 3.63) is 29.8 Å². The highest BCUT2D eigenvalue weighted by atomic mass is 19.4. The first-order chi connectivity index (χ1) is 11.3. The zero-order chi connectivity index (χ0) is 17.7. The minimum absolute atomic E-state index is 0.0596. The molecule has 1 heterocycles. The summed E-state index contributed by atoms with van der Waals surface area (Å²) in [6, 6.07) is 7.00. The third-order valence-electron chi connectivity index (χ3n) is 4.09. The van der Waals surface area contributed by atoms with Crippen LogP contribution in [-0.4, -0.2) is 42.6 Å². The van der Waals surface area contributed by atoms with E-state index < -0.39 is 12.1 Å². The Kier molecular flexibility index (Phi) is 5.69. The zero-order valence-corrected chi connectivity index (χ0v) is 13.3. The molecule has 132 valence electrons. The largest absolute Gasteiger partial charge is 0.471 e. The van der Waals surface area contributed by atoms with E-state index in [9.17, 15) is 22.8 Å². The van der Waals surface area contributed by atoms with Crippen LogP contribution >= 0.6 is 0 Å². The maximum atomic E-state index is 12.4. The first-order valence-corrected chi connectivity index (χ1v) is 7.74. The van der Waals surface area contributed by atoms with Crippen LogP contribution in [0.5, 0.6) is 0 Å². The lowest BCUT2D eigenvalue weighted by atomic mass is 9.97. The van der Waals surface area contributed by atoms with Gasteiger partial charge in [0, 0.05) is 25.3 Å². The van der Waals surface area contributed by atoms with Gasteiger partial charge >= 0.3 is 18.1 Å². The molecule has 0 aliphatic carbocycles. The Morgan fingerprint density at radius 1 is 1.21 bits per heavy atom. The summed E-state index contributed by atoms with van der Waals surface area (Å²) in [5.41, 5.74) is 1.65. The van der Waals surface area contributed by atoms with Crippen LogP contribution in [0.15, 0.2) is 24.3 Å². The van der Waals surface area contributed by atoms with E-state index in [-0.39, 0.29) is 25.0 Å². The van der Waals surface area contributed by atoms with Crippen LogP contribution in [0.3, 0.4) is 0 Å². The minimum atomic E-state index is -4.82. The number of urea groups is 1. The van der Waals surface area contributed by atoms with Gasteiger partial charge in [-0.2, -0.15) is 13.2 Å². The normalized spacial score (nSPS) is 15.9. The molecule has 3 amide bonds. The highest BCUT2D eigenvalue weighted by Crippen LogP contribution is 2.23. The molecule has 2 rings (SSSR count). The van der Waals surface area contributed by atoms with Crippen molar-refractivity contribution in [3.63, 3.8) is 0 Å². The fourth-order valence-electron chi connectivity index (χ4n) is 2.64. The van der Waals surface area contributed by atoms with Gasteiger partial charge in [-0.3, -0.25) is 4.79 Å². The number of carbonyl (C=O) groups is 2. The minimum Gasteiger partial charge on any atom is -0.338 e. The van der Waals surface area contributed by atoms with Crippen molar-refractivity contribution in [2.75, 3.05) is 25.0 Å². The van der Waals surface area contributed by atoms with Gasteiger partial charge in [0.05, 0.1) is 0 Å². The molecule has 1 saturated heterocycles. The highest BCUT2D eigenvalue weighted by molar-refractivity contribution is 5.90. The van der Waals surface area contributed by atoms with Gasteiger partial charge in [0.1, 0.15) is 0 Å². The molecule has 0 radical (unpaired) electrons. The van der Waals surface area contributed by atoms with Crippen LogP contribution in [0.2, 0.25) is 0 Å². The molecule has 24 heavy (non-hydrogen) atoms. The molecule has 1 aromatic rings. The van der Waals surface area contributed by atoms with Gasteiger partial charge < -0.3 is 15.5 Å². The molecule has 0 spiro atoms. The maximum absolute atomic E-state index is 12.4. The summed E-state index contributed by atoms with van der Waals surface area (Å²) in [5, 5.41) is 5.46. The van der Waals surface area contributed by atoms with Crippen LogP contribution in [0.4, 0.5) is 23.7 Å². The van der Waals surface area contributed by atoms with Crippen LogP contribution in [0.1, 0.15) is 18.4 Å². The van der Waals surface area contributed by atoms with Crippen LogP contribution in [-0.2, 0) is 4.79 Å². The molecule has 1 fully saturated rings. The quantitative estimate of drug-likeness (QED) is 0.886. The SMILES string of the molecule is Cc1ccccc1NC(=O)NCC1CCN(C(=O)C(F)(F)F)CC1. The number of piperidine rings is 1. The number of hydrogen-bond donors (Lipinski definition) is 2. The summed E-state index contributed by atoms with van der Waals surface area (Å²) in [6.45, 7) is 2.36. The molecule has 1 aliphatic heterocycles. The molecule has 0 bridgehead atoms. The molecule has 2 N–H and O–H groups in total. The van der Waals surface area contributed by atoms with Gasteiger partial charge in [-0.15, -0.1) is 0 Å². The molecule has 0 aromatic heterocycles. The van der Waals surface area contributed by atoms with Crippen molar-refractivity contribution in [1.82, 2.24) is 10.2 Å². The highest BCUT2D eigenvalue weighted by Gasteiger charge is 2.43. The third-order valence-corrected chi connectivity index (χ3v) is 4.09. The summed E-state index contributed by atoms with van der Waals surface area (Å²) >= 11 is 0. The van der Waals surface area contributed by atoms with Gasteiger partial charge in [-0.25, -0.2) is 4.79 Å². The number of anilines is 1. The number of halogens is 3. The molecule has 1 aromatic carbocycles. The predicted molar refractivity (Wildman–Crippen MR) is 83.6 cm³/mol. The molecule has 8 heteroatoms. The number of amides is 3. The van der Waals surface area contributed by atoms with Gasteiger partial charge in [0.25, 0.3) is 0 Å². The average Bonchev–Trinajstić information content (AvgIpc) is 2.54. The van der Waals surface area contributed by atoms with E-state index in [1.807, 2.05) is 25.1 Å². The molecule has 0 unspecified atom stereocenters. The fourth-order valence-corrected chi connectivity index (χ4v) is 2.64. The van der Waals surface area contributed by atoms with Crippen molar-refractivity contribution >= 4 is 17.6 Å². The number of nitrogens with zero attached hydrogens (tertiary/aromatic N) is 1. The Morgan fingerprint density at radius 3 is 2.42 bits per heavy atom. The number of carbonyl (C=O) groups excluding carboxylic acids is 2. The number of nitrogens with one attached hydrogen (secondary N) is 2. The first-order valence-electron chi connectivity index (χ1n) is 7.74. The van der Waals surface area contributed by atoms with Crippen LogP contribution < -0.4 is 10.6 Å². The molecular formula is C16H20F3N3O2. The van der Waals surface area contributed by atoms with Gasteiger partial charge in [-0.05, 0) is 37.3 Å². The Hall–Kier alpha value is -2.25. The topological polar surface area (TPSA) is 61.4 Å². The predicted octanol–water partition coefficient (Wildman–Crippen LogP) is 2.92. The van der Waals surface area contributed by atoms with Crippen molar-refractivity contribution in [2.24, 2.45) is 5.92 Å². The lowest BCUT2D eigenvalue weighted by Crippen LogP contribution is -2.47. The second-order valence-electron chi connectivity index (χ2n) is 5.88. The third kappa shape index (κ3) is 4.87. The molecule has 5 nitrogen and oxygen atoms in total. The van der Waals surface area contributed by atoms with E-state index in [0.717, 1.165) is 10.5 Å². The van der Waals surface area contributed by atoms with Gasteiger partial charge in [0.2, 0.25) is 0 Å².